The van der Waals surface area contributed by atoms with Gasteiger partial charge in [-0.25, -0.2) is 9.97 Å². The number of aromatic nitrogens is 3. The summed E-state index contributed by atoms with van der Waals surface area (Å²) >= 11 is 0. The second kappa shape index (κ2) is 5.63. The van der Waals surface area contributed by atoms with Crippen molar-refractivity contribution < 1.29 is 0 Å². The van der Waals surface area contributed by atoms with Crippen molar-refractivity contribution in [2.24, 2.45) is 0 Å². The van der Waals surface area contributed by atoms with E-state index < -0.39 is 0 Å². The van der Waals surface area contributed by atoms with Crippen molar-refractivity contribution in [2.75, 3.05) is 16.8 Å². The summed E-state index contributed by atoms with van der Waals surface area (Å²) in [6.45, 7) is 8.22. The van der Waals surface area contributed by atoms with Crippen LogP contribution < -0.4 is 16.8 Å². The van der Waals surface area contributed by atoms with Gasteiger partial charge in [-0.2, -0.15) is 0 Å². The SMILES string of the molecule is Cc1c(N)cncc1-c1cc2cc(NC(C)(C)C)ncc2c(N)n1. The lowest BCUT2D eigenvalue weighted by atomic mass is 10.0. The molecule has 3 aromatic heterocycles. The Morgan fingerprint density at radius 3 is 2.50 bits per heavy atom. The Labute approximate surface area is 141 Å². The Morgan fingerprint density at radius 1 is 1.04 bits per heavy atom. The van der Waals surface area contributed by atoms with Gasteiger partial charge in [-0.05, 0) is 50.8 Å². The maximum atomic E-state index is 6.14. The zero-order valence-electron chi connectivity index (χ0n) is 14.4. The van der Waals surface area contributed by atoms with Crippen LogP contribution in [-0.4, -0.2) is 20.5 Å². The molecular weight excluding hydrogens is 300 g/mol. The molecule has 0 unspecified atom stereocenters. The Morgan fingerprint density at radius 2 is 1.79 bits per heavy atom. The molecule has 3 aromatic rings. The fourth-order valence-corrected chi connectivity index (χ4v) is 2.56. The van der Waals surface area contributed by atoms with Crippen molar-refractivity contribution >= 4 is 28.1 Å². The number of fused-ring (bicyclic) bond motifs is 1. The monoisotopic (exact) mass is 322 g/mol. The van der Waals surface area contributed by atoms with Crippen molar-refractivity contribution in [3.8, 4) is 11.3 Å². The topological polar surface area (TPSA) is 103 Å². The van der Waals surface area contributed by atoms with E-state index in [1.807, 2.05) is 19.1 Å². The summed E-state index contributed by atoms with van der Waals surface area (Å²) < 4.78 is 0. The van der Waals surface area contributed by atoms with Crippen molar-refractivity contribution in [3.63, 3.8) is 0 Å². The number of pyridine rings is 3. The third-order valence-corrected chi connectivity index (χ3v) is 3.78. The summed E-state index contributed by atoms with van der Waals surface area (Å²) in [5, 5.41) is 5.17. The smallest absolute Gasteiger partial charge is 0.133 e. The van der Waals surface area contributed by atoms with Crippen molar-refractivity contribution in [1.29, 1.82) is 0 Å². The first kappa shape index (κ1) is 16.0. The van der Waals surface area contributed by atoms with Gasteiger partial charge in [0.2, 0.25) is 0 Å². The molecule has 6 nitrogen and oxygen atoms in total. The van der Waals surface area contributed by atoms with Crippen LogP contribution in [-0.2, 0) is 0 Å². The standard InChI is InChI=1S/C18H22N6/c1-10-12(7-21-9-14(10)19)15-5-11-6-16(24-18(2,3)4)22-8-13(11)17(20)23-15/h5-9H,19H2,1-4H3,(H2,20,23)(H,22,24). The second-order valence-electron chi connectivity index (χ2n) is 6.96. The Balaban J connectivity index is 2.15. The van der Waals surface area contributed by atoms with E-state index in [1.54, 1.807) is 18.6 Å². The van der Waals surface area contributed by atoms with Gasteiger partial charge < -0.3 is 16.8 Å². The molecule has 0 fully saturated rings. The highest BCUT2D eigenvalue weighted by Gasteiger charge is 2.13. The van der Waals surface area contributed by atoms with E-state index >= 15 is 0 Å². The molecule has 0 radical (unpaired) electrons. The molecule has 3 rings (SSSR count). The number of rotatable bonds is 2. The zero-order chi connectivity index (χ0) is 17.5. The number of anilines is 3. The minimum atomic E-state index is -0.0729. The van der Waals surface area contributed by atoms with E-state index in [1.165, 1.54) is 0 Å². The minimum absolute atomic E-state index is 0.0729. The quantitative estimate of drug-likeness (QED) is 0.668. The van der Waals surface area contributed by atoms with Gasteiger partial charge in [0, 0.05) is 28.9 Å². The van der Waals surface area contributed by atoms with Gasteiger partial charge in [-0.15, -0.1) is 0 Å². The molecule has 0 aromatic carbocycles. The lowest BCUT2D eigenvalue weighted by Crippen LogP contribution is -2.26. The van der Waals surface area contributed by atoms with Crippen LogP contribution in [0.15, 0.2) is 30.7 Å². The summed E-state index contributed by atoms with van der Waals surface area (Å²) in [5.41, 5.74) is 15.2. The van der Waals surface area contributed by atoms with Crippen LogP contribution >= 0.6 is 0 Å². The largest absolute Gasteiger partial charge is 0.397 e. The highest BCUT2D eigenvalue weighted by Crippen LogP contribution is 2.30. The maximum absolute atomic E-state index is 6.14. The highest BCUT2D eigenvalue weighted by molar-refractivity contribution is 5.94. The molecule has 0 atom stereocenters. The first-order valence-corrected chi connectivity index (χ1v) is 7.79. The van der Waals surface area contributed by atoms with Gasteiger partial charge >= 0.3 is 0 Å². The summed E-state index contributed by atoms with van der Waals surface area (Å²) in [7, 11) is 0. The normalized spacial score (nSPS) is 11.7. The van der Waals surface area contributed by atoms with E-state index in [0.717, 1.165) is 33.4 Å². The summed E-state index contributed by atoms with van der Waals surface area (Å²) in [6, 6.07) is 3.97. The Bertz CT molecular complexity index is 911. The predicted octanol–water partition coefficient (Wildman–Crippen LogP) is 3.38. The molecule has 24 heavy (non-hydrogen) atoms. The van der Waals surface area contributed by atoms with Crippen LogP contribution in [0, 0.1) is 6.92 Å². The van der Waals surface area contributed by atoms with E-state index in [0.29, 0.717) is 11.5 Å². The maximum Gasteiger partial charge on any atom is 0.133 e. The fourth-order valence-electron chi connectivity index (χ4n) is 2.56. The zero-order valence-corrected chi connectivity index (χ0v) is 14.4. The molecule has 3 heterocycles. The Hall–Kier alpha value is -2.89. The number of nitrogens with two attached hydrogens (primary N) is 2. The first-order chi connectivity index (χ1) is 11.2. The summed E-state index contributed by atoms with van der Waals surface area (Å²) in [4.78, 5) is 13.1. The van der Waals surface area contributed by atoms with Crippen LogP contribution in [0.2, 0.25) is 0 Å². The van der Waals surface area contributed by atoms with Crippen molar-refractivity contribution in [3.05, 3.63) is 36.3 Å². The molecule has 6 heteroatoms. The molecule has 0 aliphatic rings. The average molecular weight is 322 g/mol. The van der Waals surface area contributed by atoms with Crippen LogP contribution in [0.25, 0.3) is 22.0 Å². The van der Waals surface area contributed by atoms with Gasteiger partial charge in [0.05, 0.1) is 17.6 Å². The van der Waals surface area contributed by atoms with Crippen molar-refractivity contribution in [2.45, 2.75) is 33.2 Å². The molecule has 0 aliphatic carbocycles. The van der Waals surface area contributed by atoms with E-state index in [-0.39, 0.29) is 5.54 Å². The van der Waals surface area contributed by atoms with E-state index in [4.69, 9.17) is 11.5 Å². The Kier molecular flexibility index (Phi) is 3.75. The lowest BCUT2D eigenvalue weighted by molar-refractivity contribution is 0.630. The highest BCUT2D eigenvalue weighted by atomic mass is 15.0. The third kappa shape index (κ3) is 3.08. The van der Waals surface area contributed by atoms with Gasteiger partial charge in [0.25, 0.3) is 0 Å². The van der Waals surface area contributed by atoms with Gasteiger partial charge in [-0.1, -0.05) is 0 Å². The number of hydrogen-bond donors (Lipinski definition) is 3. The molecule has 0 aliphatic heterocycles. The molecule has 0 saturated carbocycles. The number of nitrogen functional groups attached to an aromatic ring is 2. The van der Waals surface area contributed by atoms with Crippen LogP contribution in [0.3, 0.4) is 0 Å². The molecule has 0 saturated heterocycles. The number of hydrogen-bond acceptors (Lipinski definition) is 6. The molecule has 5 N–H and O–H groups in total. The summed E-state index contributed by atoms with van der Waals surface area (Å²) in [5.74, 6) is 1.24. The fraction of sp³-hybridized carbons (Fsp3) is 0.278. The third-order valence-electron chi connectivity index (χ3n) is 3.78. The van der Waals surface area contributed by atoms with Gasteiger partial charge in [0.15, 0.2) is 0 Å². The number of nitrogens with one attached hydrogen (secondary N) is 1. The van der Waals surface area contributed by atoms with Crippen molar-refractivity contribution in [1.82, 2.24) is 15.0 Å². The molecule has 0 bridgehead atoms. The second-order valence-corrected chi connectivity index (χ2v) is 6.96. The summed E-state index contributed by atoms with van der Waals surface area (Å²) in [6.07, 6.45) is 5.15. The van der Waals surface area contributed by atoms with Crippen LogP contribution in [0.1, 0.15) is 26.3 Å². The average Bonchev–Trinajstić information content (AvgIpc) is 2.48. The molecule has 124 valence electrons. The van der Waals surface area contributed by atoms with Gasteiger partial charge in [-0.3, -0.25) is 4.98 Å². The lowest BCUT2D eigenvalue weighted by Gasteiger charge is -2.21. The molecule has 0 amide bonds. The predicted molar refractivity (Wildman–Crippen MR) is 99.7 cm³/mol. The van der Waals surface area contributed by atoms with Gasteiger partial charge in [0.1, 0.15) is 11.6 Å². The van der Waals surface area contributed by atoms with Crippen LogP contribution in [0.5, 0.6) is 0 Å². The minimum Gasteiger partial charge on any atom is -0.397 e. The molecule has 0 spiro atoms. The first-order valence-electron chi connectivity index (χ1n) is 7.79. The van der Waals surface area contributed by atoms with E-state index in [9.17, 15) is 0 Å². The van der Waals surface area contributed by atoms with E-state index in [2.05, 4.69) is 41.0 Å². The molecular formula is C18H22N6. The van der Waals surface area contributed by atoms with Crippen LogP contribution in [0.4, 0.5) is 17.3 Å². The number of nitrogens with zero attached hydrogens (tertiary/aromatic N) is 3.